The third-order valence-electron chi connectivity index (χ3n) is 5.29. The molecule has 0 amide bonds. The average molecular weight is 432 g/mol. The zero-order valence-corrected chi connectivity index (χ0v) is 18.7. The highest BCUT2D eigenvalue weighted by Crippen LogP contribution is 2.32. The van der Waals surface area contributed by atoms with Gasteiger partial charge in [0.1, 0.15) is 12.4 Å². The Morgan fingerprint density at radius 2 is 1.71 bits per heavy atom. The van der Waals surface area contributed by atoms with E-state index in [1.807, 2.05) is 24.4 Å². The second-order valence-electron chi connectivity index (χ2n) is 8.03. The van der Waals surface area contributed by atoms with Gasteiger partial charge in [-0.15, -0.1) is 0 Å². The summed E-state index contributed by atoms with van der Waals surface area (Å²) in [5.74, 6) is 1.05. The summed E-state index contributed by atoms with van der Waals surface area (Å²) >= 11 is 0. The molecule has 4 nitrogen and oxygen atoms in total. The maximum absolute atomic E-state index is 11.6. The molecule has 0 aliphatic rings. The van der Waals surface area contributed by atoms with E-state index in [4.69, 9.17) is 4.74 Å². The number of hydrogen-bond acceptors (Lipinski definition) is 4. The largest absolute Gasteiger partial charge is 0.489 e. The van der Waals surface area contributed by atoms with Crippen molar-refractivity contribution in [3.8, 4) is 16.9 Å². The van der Waals surface area contributed by atoms with Crippen LogP contribution >= 0.6 is 0 Å². The van der Waals surface area contributed by atoms with Crippen LogP contribution in [-0.4, -0.2) is 19.7 Å². The molecule has 5 heteroatoms. The smallest absolute Gasteiger partial charge is 0.175 e. The van der Waals surface area contributed by atoms with Crippen molar-refractivity contribution in [2.45, 2.75) is 31.3 Å². The van der Waals surface area contributed by atoms with Crippen molar-refractivity contribution in [1.82, 2.24) is 4.98 Å². The molecule has 0 fully saturated rings. The first-order chi connectivity index (χ1) is 14.8. The number of aromatic nitrogens is 1. The van der Waals surface area contributed by atoms with Crippen molar-refractivity contribution in [2.24, 2.45) is 0 Å². The van der Waals surface area contributed by atoms with Crippen molar-refractivity contribution >= 4 is 20.7 Å². The molecule has 0 saturated heterocycles. The van der Waals surface area contributed by atoms with Crippen LogP contribution in [0.3, 0.4) is 0 Å². The van der Waals surface area contributed by atoms with Crippen LogP contribution in [0, 0.1) is 0 Å². The molecule has 4 aromatic rings. The van der Waals surface area contributed by atoms with E-state index in [1.165, 1.54) is 11.8 Å². The van der Waals surface area contributed by atoms with Gasteiger partial charge in [-0.2, -0.15) is 0 Å². The van der Waals surface area contributed by atoms with Gasteiger partial charge in [0, 0.05) is 23.4 Å². The normalized spacial score (nSPS) is 11.7. The highest BCUT2D eigenvalue weighted by Gasteiger charge is 2.11. The Balaban J connectivity index is 1.62. The van der Waals surface area contributed by atoms with Crippen molar-refractivity contribution in [3.05, 3.63) is 90.1 Å². The first-order valence-electron chi connectivity index (χ1n) is 10.2. The van der Waals surface area contributed by atoms with Crippen molar-refractivity contribution < 1.29 is 13.2 Å². The van der Waals surface area contributed by atoms with E-state index >= 15 is 0 Å². The number of benzene rings is 3. The Morgan fingerprint density at radius 1 is 0.935 bits per heavy atom. The lowest BCUT2D eigenvalue weighted by Crippen LogP contribution is -1.99. The van der Waals surface area contributed by atoms with Crippen LogP contribution in [0.15, 0.2) is 83.9 Å². The summed E-state index contributed by atoms with van der Waals surface area (Å²) in [7, 11) is -3.21. The maximum Gasteiger partial charge on any atom is 0.175 e. The molecule has 0 bridgehead atoms. The molecule has 1 heterocycles. The molecule has 3 aromatic carbocycles. The zero-order valence-electron chi connectivity index (χ0n) is 17.9. The Labute approximate surface area is 183 Å². The fraction of sp³-hybridized carbons (Fsp3) is 0.192. The molecule has 0 radical (unpaired) electrons. The zero-order chi connectivity index (χ0) is 22.0. The summed E-state index contributed by atoms with van der Waals surface area (Å²) in [6, 6.07) is 23.3. The predicted octanol–water partition coefficient (Wildman–Crippen LogP) is 6.01. The van der Waals surface area contributed by atoms with Gasteiger partial charge in [-0.3, -0.25) is 4.98 Å². The van der Waals surface area contributed by atoms with Crippen molar-refractivity contribution in [3.63, 3.8) is 0 Å². The number of rotatable bonds is 6. The Kier molecular flexibility index (Phi) is 5.79. The van der Waals surface area contributed by atoms with Crippen LogP contribution in [0.5, 0.6) is 5.75 Å². The molecule has 158 valence electrons. The monoisotopic (exact) mass is 431 g/mol. The standard InChI is InChI=1S/C26H25NO3S/c1-18(2)22-15-21-8-5-13-27-26(21)25(16-22)20-7-4-6-19(14-20)17-30-23-9-11-24(12-10-23)31(3,28)29/h4-16,18H,17H2,1-3H3. The van der Waals surface area contributed by atoms with E-state index < -0.39 is 9.84 Å². The van der Waals surface area contributed by atoms with E-state index in [9.17, 15) is 8.42 Å². The second kappa shape index (κ2) is 8.52. The number of hydrogen-bond donors (Lipinski definition) is 0. The molecule has 31 heavy (non-hydrogen) atoms. The molecule has 0 spiro atoms. The van der Waals surface area contributed by atoms with E-state index in [1.54, 1.807) is 24.3 Å². The fourth-order valence-corrected chi connectivity index (χ4v) is 4.18. The van der Waals surface area contributed by atoms with E-state index in [0.717, 1.165) is 27.6 Å². The molecule has 4 rings (SSSR count). The molecule has 0 aliphatic heterocycles. The van der Waals surface area contributed by atoms with Gasteiger partial charge in [-0.1, -0.05) is 38.1 Å². The third kappa shape index (κ3) is 4.78. The Bertz CT molecular complexity index is 1330. The first kappa shape index (κ1) is 21.1. The lowest BCUT2D eigenvalue weighted by Gasteiger charge is -2.13. The van der Waals surface area contributed by atoms with Gasteiger partial charge in [0.15, 0.2) is 9.84 Å². The minimum Gasteiger partial charge on any atom is -0.489 e. The van der Waals surface area contributed by atoms with Gasteiger partial charge in [0.2, 0.25) is 0 Å². The average Bonchev–Trinajstić information content (AvgIpc) is 2.76. The molecule has 0 N–H and O–H groups in total. The maximum atomic E-state index is 11.6. The van der Waals surface area contributed by atoms with E-state index in [0.29, 0.717) is 18.3 Å². The van der Waals surface area contributed by atoms with Crippen LogP contribution in [0.25, 0.3) is 22.0 Å². The Hall–Kier alpha value is -3.18. The number of nitrogens with zero attached hydrogens (tertiary/aromatic N) is 1. The van der Waals surface area contributed by atoms with Gasteiger partial charge in [0.25, 0.3) is 0 Å². The highest BCUT2D eigenvalue weighted by atomic mass is 32.2. The van der Waals surface area contributed by atoms with Gasteiger partial charge in [-0.05, 0) is 71.1 Å². The number of fused-ring (bicyclic) bond motifs is 1. The summed E-state index contributed by atoms with van der Waals surface area (Å²) in [5, 5.41) is 1.14. The van der Waals surface area contributed by atoms with Gasteiger partial charge >= 0.3 is 0 Å². The van der Waals surface area contributed by atoms with Gasteiger partial charge in [-0.25, -0.2) is 8.42 Å². The number of pyridine rings is 1. The minimum atomic E-state index is -3.21. The van der Waals surface area contributed by atoms with Crippen LogP contribution < -0.4 is 4.74 Å². The second-order valence-corrected chi connectivity index (χ2v) is 10.0. The first-order valence-corrected chi connectivity index (χ1v) is 12.1. The van der Waals surface area contributed by atoms with Crippen molar-refractivity contribution in [2.75, 3.05) is 6.26 Å². The van der Waals surface area contributed by atoms with Crippen LogP contribution in [0.2, 0.25) is 0 Å². The van der Waals surface area contributed by atoms with E-state index in [-0.39, 0.29) is 4.90 Å². The lowest BCUT2D eigenvalue weighted by molar-refractivity contribution is 0.306. The van der Waals surface area contributed by atoms with Crippen LogP contribution in [-0.2, 0) is 16.4 Å². The third-order valence-corrected chi connectivity index (χ3v) is 6.42. The Morgan fingerprint density at radius 3 is 2.42 bits per heavy atom. The summed E-state index contributed by atoms with van der Waals surface area (Å²) in [6.45, 7) is 4.78. The SMILES string of the molecule is CC(C)c1cc(-c2cccc(COc3ccc(S(C)(=O)=O)cc3)c2)c2ncccc2c1. The lowest BCUT2D eigenvalue weighted by atomic mass is 9.93. The minimum absolute atomic E-state index is 0.284. The summed E-state index contributed by atoms with van der Waals surface area (Å²) in [6.07, 6.45) is 3.02. The summed E-state index contributed by atoms with van der Waals surface area (Å²) in [4.78, 5) is 4.91. The van der Waals surface area contributed by atoms with E-state index in [2.05, 4.69) is 49.2 Å². The fourth-order valence-electron chi connectivity index (χ4n) is 3.55. The molecular formula is C26H25NO3S. The van der Waals surface area contributed by atoms with Crippen LogP contribution in [0.4, 0.5) is 0 Å². The molecule has 0 unspecified atom stereocenters. The number of ether oxygens (including phenoxy) is 1. The molecule has 0 aliphatic carbocycles. The van der Waals surface area contributed by atoms with Crippen molar-refractivity contribution in [1.29, 1.82) is 0 Å². The predicted molar refractivity (Wildman–Crippen MR) is 125 cm³/mol. The van der Waals surface area contributed by atoms with Crippen LogP contribution in [0.1, 0.15) is 30.9 Å². The molecule has 0 atom stereocenters. The highest BCUT2D eigenvalue weighted by molar-refractivity contribution is 7.90. The molecular weight excluding hydrogens is 406 g/mol. The van der Waals surface area contributed by atoms with Gasteiger partial charge in [0.05, 0.1) is 10.4 Å². The quantitative estimate of drug-likeness (QED) is 0.375. The van der Waals surface area contributed by atoms with Gasteiger partial charge < -0.3 is 4.74 Å². The molecule has 0 saturated carbocycles. The molecule has 1 aromatic heterocycles. The number of sulfone groups is 1. The topological polar surface area (TPSA) is 56.3 Å². The summed E-state index contributed by atoms with van der Waals surface area (Å²) in [5.41, 5.74) is 5.51. The summed E-state index contributed by atoms with van der Waals surface area (Å²) < 4.78 is 29.1.